The molecule has 16 heavy (non-hydrogen) atoms. The summed E-state index contributed by atoms with van der Waals surface area (Å²) in [5, 5.41) is 10.1. The molecule has 4 heteroatoms. The van der Waals surface area contributed by atoms with Crippen molar-refractivity contribution in [2.75, 3.05) is 13.1 Å². The van der Waals surface area contributed by atoms with Crippen molar-refractivity contribution in [2.24, 2.45) is 17.6 Å². The summed E-state index contributed by atoms with van der Waals surface area (Å²) in [4.78, 5) is 13.6. The third kappa shape index (κ3) is 2.23. The number of carbonyl (C=O) groups excluding carboxylic acids is 1. The molecule has 4 nitrogen and oxygen atoms in total. The standard InChI is InChI=1S/C12H22N2O2/c1-8(2)5-10(13)11(15)14-6-12(16,7-14)9-3-4-9/h8-10,16H,3-7,13H2,1-2H3. The van der Waals surface area contributed by atoms with Crippen molar-refractivity contribution >= 4 is 5.91 Å². The summed E-state index contributed by atoms with van der Waals surface area (Å²) in [5.74, 6) is 0.861. The van der Waals surface area contributed by atoms with Gasteiger partial charge in [0.25, 0.3) is 0 Å². The smallest absolute Gasteiger partial charge is 0.239 e. The average molecular weight is 226 g/mol. The van der Waals surface area contributed by atoms with Crippen LogP contribution in [-0.2, 0) is 4.79 Å². The van der Waals surface area contributed by atoms with Gasteiger partial charge in [-0.25, -0.2) is 0 Å². The molecule has 0 bridgehead atoms. The molecule has 0 aromatic carbocycles. The Kier molecular flexibility index (Phi) is 2.97. The number of aliphatic hydroxyl groups is 1. The van der Waals surface area contributed by atoms with Crippen LogP contribution in [0.5, 0.6) is 0 Å². The Balaban J connectivity index is 1.80. The van der Waals surface area contributed by atoms with Gasteiger partial charge in [-0.3, -0.25) is 4.79 Å². The molecule has 1 aliphatic heterocycles. The third-order valence-electron chi connectivity index (χ3n) is 3.62. The molecule has 1 unspecified atom stereocenters. The maximum absolute atomic E-state index is 11.9. The first kappa shape index (κ1) is 11.9. The molecule has 0 aromatic rings. The number of hydrogen-bond acceptors (Lipinski definition) is 3. The van der Waals surface area contributed by atoms with E-state index >= 15 is 0 Å². The average Bonchev–Trinajstić information content (AvgIpc) is 2.93. The van der Waals surface area contributed by atoms with E-state index in [2.05, 4.69) is 13.8 Å². The van der Waals surface area contributed by atoms with Crippen molar-refractivity contribution < 1.29 is 9.90 Å². The minimum atomic E-state index is -0.590. The van der Waals surface area contributed by atoms with Gasteiger partial charge in [0.15, 0.2) is 0 Å². The summed E-state index contributed by atoms with van der Waals surface area (Å²) in [7, 11) is 0. The molecule has 1 saturated heterocycles. The maximum Gasteiger partial charge on any atom is 0.239 e. The van der Waals surface area contributed by atoms with Crippen molar-refractivity contribution in [3.8, 4) is 0 Å². The number of β-amino-alcohol motifs (C(OH)–C–C–N with tert-alkyl or cyclic N) is 1. The van der Waals surface area contributed by atoms with Crippen LogP contribution in [-0.4, -0.2) is 40.6 Å². The molecule has 1 saturated carbocycles. The van der Waals surface area contributed by atoms with Crippen molar-refractivity contribution in [1.29, 1.82) is 0 Å². The molecule has 0 radical (unpaired) electrons. The van der Waals surface area contributed by atoms with Crippen LogP contribution in [0.15, 0.2) is 0 Å². The molecule has 2 fully saturated rings. The van der Waals surface area contributed by atoms with Gasteiger partial charge in [0.1, 0.15) is 5.60 Å². The molecule has 1 amide bonds. The molecule has 0 aromatic heterocycles. The first-order chi connectivity index (χ1) is 7.42. The second kappa shape index (κ2) is 4.00. The largest absolute Gasteiger partial charge is 0.386 e. The number of rotatable bonds is 4. The summed E-state index contributed by atoms with van der Waals surface area (Å²) in [5.41, 5.74) is 5.25. The van der Waals surface area contributed by atoms with E-state index in [0.717, 1.165) is 19.3 Å². The molecule has 1 atom stereocenters. The highest BCUT2D eigenvalue weighted by Crippen LogP contribution is 2.44. The van der Waals surface area contributed by atoms with E-state index in [4.69, 9.17) is 5.73 Å². The lowest BCUT2D eigenvalue weighted by molar-refractivity contribution is -0.160. The van der Waals surface area contributed by atoms with Gasteiger partial charge < -0.3 is 15.7 Å². The zero-order chi connectivity index (χ0) is 11.9. The fourth-order valence-corrected chi connectivity index (χ4v) is 2.49. The van der Waals surface area contributed by atoms with E-state index in [1.807, 2.05) is 0 Å². The maximum atomic E-state index is 11.9. The Morgan fingerprint density at radius 1 is 1.50 bits per heavy atom. The van der Waals surface area contributed by atoms with Crippen LogP contribution < -0.4 is 5.73 Å². The first-order valence-electron chi connectivity index (χ1n) is 6.19. The second-order valence-corrected chi connectivity index (χ2v) is 5.81. The fraction of sp³-hybridized carbons (Fsp3) is 0.917. The quantitative estimate of drug-likeness (QED) is 0.726. The van der Waals surface area contributed by atoms with Gasteiger partial charge >= 0.3 is 0 Å². The normalized spacial score (nSPS) is 25.4. The Hall–Kier alpha value is -0.610. The van der Waals surface area contributed by atoms with E-state index in [-0.39, 0.29) is 5.91 Å². The van der Waals surface area contributed by atoms with Crippen molar-refractivity contribution in [1.82, 2.24) is 4.90 Å². The van der Waals surface area contributed by atoms with Crippen LogP contribution >= 0.6 is 0 Å². The minimum Gasteiger partial charge on any atom is -0.386 e. The number of likely N-dealkylation sites (tertiary alicyclic amines) is 1. The third-order valence-corrected chi connectivity index (χ3v) is 3.62. The van der Waals surface area contributed by atoms with Gasteiger partial charge in [-0.2, -0.15) is 0 Å². The van der Waals surface area contributed by atoms with Crippen LogP contribution in [0.25, 0.3) is 0 Å². The SMILES string of the molecule is CC(C)CC(N)C(=O)N1CC(O)(C2CC2)C1. The highest BCUT2D eigenvalue weighted by molar-refractivity contribution is 5.82. The topological polar surface area (TPSA) is 66.6 Å². The van der Waals surface area contributed by atoms with Gasteiger partial charge in [0.2, 0.25) is 5.91 Å². The monoisotopic (exact) mass is 226 g/mol. The minimum absolute atomic E-state index is 0.000903. The zero-order valence-corrected chi connectivity index (χ0v) is 10.1. The highest BCUT2D eigenvalue weighted by atomic mass is 16.3. The number of hydrogen-bond donors (Lipinski definition) is 2. The Morgan fingerprint density at radius 2 is 2.06 bits per heavy atom. The van der Waals surface area contributed by atoms with Crippen molar-refractivity contribution in [3.63, 3.8) is 0 Å². The van der Waals surface area contributed by atoms with Gasteiger partial charge in [-0.1, -0.05) is 13.8 Å². The first-order valence-corrected chi connectivity index (χ1v) is 6.19. The Labute approximate surface area is 96.8 Å². The Morgan fingerprint density at radius 3 is 2.50 bits per heavy atom. The van der Waals surface area contributed by atoms with Crippen molar-refractivity contribution in [2.45, 2.75) is 44.8 Å². The Bertz CT molecular complexity index is 281. The lowest BCUT2D eigenvalue weighted by Gasteiger charge is -2.47. The second-order valence-electron chi connectivity index (χ2n) is 5.81. The lowest BCUT2D eigenvalue weighted by Crippen LogP contribution is -2.67. The van der Waals surface area contributed by atoms with E-state index in [1.54, 1.807) is 4.90 Å². The fourth-order valence-electron chi connectivity index (χ4n) is 2.49. The van der Waals surface area contributed by atoms with Gasteiger partial charge in [0.05, 0.1) is 19.1 Å². The van der Waals surface area contributed by atoms with E-state index < -0.39 is 11.6 Å². The van der Waals surface area contributed by atoms with E-state index in [0.29, 0.717) is 24.9 Å². The molecule has 92 valence electrons. The molecule has 3 N–H and O–H groups in total. The highest BCUT2D eigenvalue weighted by Gasteiger charge is 2.53. The van der Waals surface area contributed by atoms with E-state index in [9.17, 15) is 9.90 Å². The molecule has 0 spiro atoms. The summed E-state index contributed by atoms with van der Waals surface area (Å²) in [6, 6.07) is -0.399. The van der Waals surface area contributed by atoms with Gasteiger partial charge in [0, 0.05) is 0 Å². The summed E-state index contributed by atoms with van der Waals surface area (Å²) < 4.78 is 0. The van der Waals surface area contributed by atoms with E-state index in [1.165, 1.54) is 0 Å². The van der Waals surface area contributed by atoms with Crippen LogP contribution in [0.3, 0.4) is 0 Å². The number of nitrogens with two attached hydrogens (primary N) is 1. The van der Waals surface area contributed by atoms with Crippen LogP contribution in [0, 0.1) is 11.8 Å². The predicted molar refractivity (Wildman–Crippen MR) is 61.7 cm³/mol. The molecule has 1 aliphatic carbocycles. The molecule has 1 heterocycles. The number of amides is 1. The summed E-state index contributed by atoms with van der Waals surface area (Å²) >= 11 is 0. The van der Waals surface area contributed by atoms with Crippen LogP contribution in [0.2, 0.25) is 0 Å². The number of nitrogens with zero attached hydrogens (tertiary/aromatic N) is 1. The molecule has 2 rings (SSSR count). The van der Waals surface area contributed by atoms with Crippen molar-refractivity contribution in [3.05, 3.63) is 0 Å². The van der Waals surface area contributed by atoms with Crippen LogP contribution in [0.1, 0.15) is 33.1 Å². The van der Waals surface area contributed by atoms with Gasteiger partial charge in [-0.05, 0) is 31.1 Å². The zero-order valence-electron chi connectivity index (χ0n) is 10.1. The molecular formula is C12H22N2O2. The number of carbonyl (C=O) groups is 1. The summed E-state index contributed by atoms with van der Waals surface area (Å²) in [6.45, 7) is 5.10. The summed E-state index contributed by atoms with van der Waals surface area (Å²) in [6.07, 6.45) is 2.93. The van der Waals surface area contributed by atoms with Gasteiger partial charge in [-0.15, -0.1) is 0 Å². The predicted octanol–water partition coefficient (Wildman–Crippen LogP) is 0.343. The molecular weight excluding hydrogens is 204 g/mol. The van der Waals surface area contributed by atoms with Crippen LogP contribution in [0.4, 0.5) is 0 Å². The lowest BCUT2D eigenvalue weighted by atomic mass is 9.87. The molecule has 2 aliphatic rings.